The van der Waals surface area contributed by atoms with Crippen molar-refractivity contribution < 1.29 is 42.7 Å². The molecule has 0 aromatic carbocycles. The van der Waals surface area contributed by atoms with E-state index in [2.05, 4.69) is 98.7 Å². The van der Waals surface area contributed by atoms with Crippen LogP contribution in [0.4, 0.5) is 0 Å². The van der Waals surface area contributed by atoms with Gasteiger partial charge in [0.2, 0.25) is 0 Å². The lowest BCUT2D eigenvalue weighted by molar-refractivity contribution is -0.339. The van der Waals surface area contributed by atoms with Crippen LogP contribution in [0.1, 0.15) is 116 Å². The van der Waals surface area contributed by atoms with Crippen molar-refractivity contribution in [1.29, 1.82) is 0 Å². The summed E-state index contributed by atoms with van der Waals surface area (Å²) in [4.78, 5) is 27.5. The van der Waals surface area contributed by atoms with Gasteiger partial charge in [-0.2, -0.15) is 0 Å². The van der Waals surface area contributed by atoms with E-state index >= 15 is 0 Å². The highest BCUT2D eigenvalue weighted by molar-refractivity contribution is 5.88. The van der Waals surface area contributed by atoms with E-state index in [0.717, 1.165) is 24.0 Å². The van der Waals surface area contributed by atoms with E-state index in [4.69, 9.17) is 33.2 Å². The Morgan fingerprint density at radius 3 is 2.14 bits per heavy atom. The van der Waals surface area contributed by atoms with Crippen molar-refractivity contribution in [3.8, 4) is 0 Å². The number of carbonyl (C=O) groups is 2. The minimum absolute atomic E-state index is 0.0819. The van der Waals surface area contributed by atoms with Gasteiger partial charge in [0.15, 0.2) is 12.6 Å². The van der Waals surface area contributed by atoms with Crippen molar-refractivity contribution >= 4 is 11.9 Å². The zero-order chi connectivity index (χ0) is 42.7. The van der Waals surface area contributed by atoms with Crippen LogP contribution in [0.2, 0.25) is 0 Å². The highest BCUT2D eigenvalue weighted by Crippen LogP contribution is 2.38. The lowest BCUT2D eigenvalue weighted by atomic mass is 9.86. The topological polar surface area (TPSA) is 102 Å². The van der Waals surface area contributed by atoms with Crippen molar-refractivity contribution in [1.82, 2.24) is 4.90 Å². The molecule has 0 aliphatic carbocycles. The van der Waals surface area contributed by atoms with Gasteiger partial charge in [0.25, 0.3) is 0 Å². The summed E-state index contributed by atoms with van der Waals surface area (Å²) in [7, 11) is 5.71. The third kappa shape index (κ3) is 13.2. The molecule has 3 heterocycles. The average molecular weight is 800 g/mol. The van der Waals surface area contributed by atoms with Gasteiger partial charge in [-0.3, -0.25) is 4.79 Å². The molecule has 10 nitrogen and oxygen atoms in total. The number of rotatable bonds is 10. The van der Waals surface area contributed by atoms with E-state index in [-0.39, 0.29) is 66.1 Å². The molecule has 324 valence electrons. The predicted octanol–water partition coefficient (Wildman–Crippen LogP) is 9.15. The Hall–Kier alpha value is -2.60. The highest BCUT2D eigenvalue weighted by atomic mass is 16.7. The maximum Gasteiger partial charge on any atom is 0.334 e. The minimum Gasteiger partial charge on any atom is -0.459 e. The van der Waals surface area contributed by atoms with E-state index in [0.29, 0.717) is 24.3 Å². The zero-order valence-electron chi connectivity index (χ0n) is 38.1. The normalized spacial score (nSPS) is 40.9. The molecule has 2 fully saturated rings. The largest absolute Gasteiger partial charge is 0.459 e. The van der Waals surface area contributed by atoms with Crippen LogP contribution >= 0.6 is 0 Å². The van der Waals surface area contributed by atoms with Crippen LogP contribution in [0.25, 0.3) is 0 Å². The number of esters is 2. The molecule has 0 N–H and O–H groups in total. The van der Waals surface area contributed by atoms with Crippen molar-refractivity contribution in [2.75, 3.05) is 21.2 Å². The first-order chi connectivity index (χ1) is 26.8. The molecule has 10 heteroatoms. The van der Waals surface area contributed by atoms with Gasteiger partial charge in [0.1, 0.15) is 24.4 Å². The van der Waals surface area contributed by atoms with Crippen molar-refractivity contribution in [2.45, 2.75) is 177 Å². The summed E-state index contributed by atoms with van der Waals surface area (Å²) >= 11 is 0. The van der Waals surface area contributed by atoms with Crippen molar-refractivity contribution in [3.63, 3.8) is 0 Å². The fourth-order valence-corrected chi connectivity index (χ4v) is 8.34. The summed E-state index contributed by atoms with van der Waals surface area (Å²) < 4.78 is 45.0. The summed E-state index contributed by atoms with van der Waals surface area (Å²) in [6.07, 6.45) is 11.8. The van der Waals surface area contributed by atoms with Gasteiger partial charge >= 0.3 is 11.9 Å². The van der Waals surface area contributed by atoms with Crippen molar-refractivity contribution in [3.05, 3.63) is 58.7 Å². The molecule has 3 rings (SSSR count). The summed E-state index contributed by atoms with van der Waals surface area (Å²) in [6.45, 7) is 26.7. The van der Waals surface area contributed by atoms with Crippen LogP contribution in [0.5, 0.6) is 0 Å². The van der Waals surface area contributed by atoms with Crippen LogP contribution < -0.4 is 0 Å². The quantitative estimate of drug-likeness (QED) is 0.157. The van der Waals surface area contributed by atoms with Crippen LogP contribution in [-0.2, 0) is 42.7 Å². The van der Waals surface area contributed by atoms with Crippen LogP contribution in [0, 0.1) is 29.6 Å². The van der Waals surface area contributed by atoms with Crippen LogP contribution in [-0.4, -0.2) is 99.4 Å². The smallest absolute Gasteiger partial charge is 0.334 e. The van der Waals surface area contributed by atoms with Gasteiger partial charge in [0.05, 0.1) is 18.3 Å². The number of carbonyl (C=O) groups excluding carboxylic acids is 2. The number of allylic oxidation sites excluding steroid dienone is 6. The number of nitrogens with zero attached hydrogens (tertiary/aromatic N) is 1. The molecule has 3 aliphatic rings. The molecule has 0 aromatic rings. The SMILES string of the molecule is CC/C1=C\C=C\C[C@H](C)/C(C)=C/[C@H](CC)[C@@H](O[C@@H]2O[C@H](C)[C@@H](O[C@@H]3O[C@H](C)[C@@H](C)[C@H](OC(C)=O)[C@H]3OC)[C@H](N(C)C)[C@H]2C)/C(C)=C/C(C)=C/C[C@@H](C(C)C)OC1=O. The fourth-order valence-electron chi connectivity index (χ4n) is 8.34. The molecule has 57 heavy (non-hydrogen) atoms. The monoisotopic (exact) mass is 800 g/mol. The van der Waals surface area contributed by atoms with Gasteiger partial charge in [-0.05, 0) is 85.4 Å². The number of likely N-dealkylation sites (N-methyl/N-ethyl adjacent to an activating group) is 1. The van der Waals surface area contributed by atoms with E-state index < -0.39 is 30.9 Å². The predicted molar refractivity (Wildman–Crippen MR) is 226 cm³/mol. The molecule has 0 bridgehead atoms. The van der Waals surface area contributed by atoms with E-state index in [1.807, 2.05) is 39.8 Å². The van der Waals surface area contributed by atoms with Crippen LogP contribution in [0.3, 0.4) is 0 Å². The summed E-state index contributed by atoms with van der Waals surface area (Å²) in [5.41, 5.74) is 4.16. The molecule has 3 aliphatic heterocycles. The second kappa shape index (κ2) is 22.7. The Kier molecular flexibility index (Phi) is 19.4. The van der Waals surface area contributed by atoms with E-state index in [1.54, 1.807) is 7.11 Å². The zero-order valence-corrected chi connectivity index (χ0v) is 38.1. The molecule has 2 saturated heterocycles. The van der Waals surface area contributed by atoms with Gasteiger partial charge in [0, 0.05) is 49.8 Å². The molecule has 0 saturated carbocycles. The second-order valence-electron chi connectivity index (χ2n) is 17.4. The lowest BCUT2D eigenvalue weighted by Gasteiger charge is -2.51. The molecule has 0 aromatic heterocycles. The molecule has 0 unspecified atom stereocenters. The number of methoxy groups -OCH3 is 1. The maximum atomic E-state index is 13.2. The van der Waals surface area contributed by atoms with E-state index in [9.17, 15) is 9.59 Å². The Morgan fingerprint density at radius 1 is 0.895 bits per heavy atom. The molecule has 0 amide bonds. The second-order valence-corrected chi connectivity index (χ2v) is 17.4. The molecular formula is C47H77NO9. The summed E-state index contributed by atoms with van der Waals surface area (Å²) in [5, 5.41) is 0. The average Bonchev–Trinajstić information content (AvgIpc) is 3.14. The lowest BCUT2D eigenvalue weighted by Crippen LogP contribution is -2.63. The third-order valence-electron chi connectivity index (χ3n) is 12.3. The maximum absolute atomic E-state index is 13.2. The minimum atomic E-state index is -0.770. The number of hydrogen-bond acceptors (Lipinski definition) is 10. The Labute approximate surface area is 345 Å². The summed E-state index contributed by atoms with van der Waals surface area (Å²) in [6, 6.07) is -0.103. The van der Waals surface area contributed by atoms with Gasteiger partial charge in [-0.1, -0.05) is 96.1 Å². The van der Waals surface area contributed by atoms with Crippen molar-refractivity contribution in [2.24, 2.45) is 29.6 Å². The number of hydrogen-bond donors (Lipinski definition) is 0. The first-order valence-corrected chi connectivity index (χ1v) is 21.4. The highest BCUT2D eigenvalue weighted by Gasteiger charge is 2.51. The van der Waals surface area contributed by atoms with E-state index in [1.165, 1.54) is 12.5 Å². The first-order valence-electron chi connectivity index (χ1n) is 21.4. The van der Waals surface area contributed by atoms with Gasteiger partial charge in [-0.25, -0.2) is 4.79 Å². The summed E-state index contributed by atoms with van der Waals surface area (Å²) in [5.74, 6) is -0.249. The first kappa shape index (κ1) is 48.8. The molecule has 14 atom stereocenters. The number of cyclic esters (lactones) is 1. The fraction of sp³-hybridized carbons (Fsp3) is 0.745. The third-order valence-corrected chi connectivity index (χ3v) is 12.3. The number of ether oxygens (including phenoxy) is 7. The Morgan fingerprint density at radius 2 is 1.56 bits per heavy atom. The standard InChI is InChI=1S/C47H77NO9/c1-17-37-22-20-19-21-29(6)30(7)26-38(18-2)41(31(8)25-28(5)23-24-39(27(3)4)55-45(37)50)56-46-33(10)40(48(14)15)43(35(12)53-46)57-47-44(51-16)42(54-36(13)49)32(9)34(11)52-47/h19-20,22-23,25-27,29,32-35,38-44,46-47H,17-18,21,24H2,1-16H3/b20-19+,28-23+,30-26+,31-25+,37-22+/t29-,32+,33+,34+,35+,38-,39-,40+,41-,42-,43+,44+,46-,47-/m0/s1. The Balaban J connectivity index is 2.01. The van der Waals surface area contributed by atoms with Gasteiger partial charge < -0.3 is 38.1 Å². The Bertz CT molecular complexity index is 1460. The van der Waals surface area contributed by atoms with Crippen LogP contribution in [0.15, 0.2) is 58.7 Å². The molecule has 0 spiro atoms. The van der Waals surface area contributed by atoms with Gasteiger partial charge in [-0.15, -0.1) is 0 Å². The molecule has 0 radical (unpaired) electrons. The molecular weight excluding hydrogens is 723 g/mol.